The van der Waals surface area contributed by atoms with Gasteiger partial charge in [0.15, 0.2) is 0 Å². The van der Waals surface area contributed by atoms with E-state index in [1.165, 1.54) is 51.2 Å². The maximum absolute atomic E-state index is 13.6. The average Bonchev–Trinajstić information content (AvgIpc) is 3.51. The maximum Gasteiger partial charge on any atom is 0.341 e. The van der Waals surface area contributed by atoms with Crippen LogP contribution in [0.15, 0.2) is 30.5 Å². The zero-order chi connectivity index (χ0) is 24.7. The minimum absolute atomic E-state index is 0.140. The summed E-state index contributed by atoms with van der Waals surface area (Å²) in [5, 5.41) is 4.60. The minimum Gasteiger partial charge on any atom is -0.465 e. The van der Waals surface area contributed by atoms with Crippen molar-refractivity contribution in [3.05, 3.63) is 47.3 Å². The van der Waals surface area contributed by atoms with Gasteiger partial charge in [-0.05, 0) is 86.8 Å². The van der Waals surface area contributed by atoms with Gasteiger partial charge in [0, 0.05) is 24.9 Å². The van der Waals surface area contributed by atoms with Crippen LogP contribution in [0.4, 0.5) is 0 Å². The third kappa shape index (κ3) is 4.48. The number of nitrogens with zero attached hydrogens (tertiary/aromatic N) is 3. The number of ether oxygens (including phenoxy) is 1. The summed E-state index contributed by atoms with van der Waals surface area (Å²) in [6.45, 7) is 1.94. The Kier molecular flexibility index (Phi) is 6.38. The average molecular weight is 490 g/mol. The van der Waals surface area contributed by atoms with E-state index in [0.717, 1.165) is 63.0 Å². The highest BCUT2D eigenvalue weighted by Gasteiger charge is 2.41. The number of aromatic nitrogens is 2. The van der Waals surface area contributed by atoms with Crippen molar-refractivity contribution in [3.8, 4) is 5.69 Å². The molecular formula is C30H39N3O3. The molecule has 36 heavy (non-hydrogen) atoms. The molecular weight excluding hydrogens is 450 g/mol. The molecule has 4 aliphatic rings. The third-order valence-corrected chi connectivity index (χ3v) is 9.42. The molecule has 4 fully saturated rings. The summed E-state index contributed by atoms with van der Waals surface area (Å²) in [5.74, 6) is 0.992. The van der Waals surface area contributed by atoms with E-state index in [-0.39, 0.29) is 11.9 Å². The van der Waals surface area contributed by atoms with E-state index in [1.807, 2.05) is 4.68 Å². The molecule has 1 aromatic carbocycles. The number of hydrogen-bond acceptors (Lipinski definition) is 4. The minimum atomic E-state index is -0.315. The molecule has 6 rings (SSSR count). The van der Waals surface area contributed by atoms with Gasteiger partial charge in [0.05, 0.1) is 24.7 Å². The number of hydrogen-bond donors (Lipinski definition) is 0. The van der Waals surface area contributed by atoms with Crippen LogP contribution in [-0.4, -0.2) is 46.8 Å². The number of rotatable bonds is 5. The number of methoxy groups -OCH3 is 1. The SMILES string of the molecule is COC(=O)c1cnn(-c2cccc([C@@H]3CCC[C@H](C(=O)N4CCCC5(CCCC5)C4)C3)c2)c1C1CC1. The van der Waals surface area contributed by atoms with E-state index in [2.05, 4.69) is 34.3 Å². The Balaban J connectivity index is 1.19. The Morgan fingerprint density at radius 3 is 2.58 bits per heavy atom. The number of piperidine rings is 1. The van der Waals surface area contributed by atoms with Gasteiger partial charge in [-0.15, -0.1) is 0 Å². The van der Waals surface area contributed by atoms with Gasteiger partial charge in [-0.1, -0.05) is 31.4 Å². The first-order chi connectivity index (χ1) is 17.6. The number of benzene rings is 1. The first kappa shape index (κ1) is 23.7. The van der Waals surface area contributed by atoms with E-state index in [9.17, 15) is 9.59 Å². The molecule has 6 heteroatoms. The maximum atomic E-state index is 13.6. The Hall–Kier alpha value is -2.63. The monoisotopic (exact) mass is 489 g/mol. The van der Waals surface area contributed by atoms with Gasteiger partial charge in [-0.3, -0.25) is 4.79 Å². The standard InChI is InChI=1S/C30H39N3O3/c1-36-29(35)26-19-31-33(27(26)21-11-12-21)25-10-5-8-23(18-25)22-7-4-9-24(17-22)28(34)32-16-6-15-30(20-32)13-2-3-14-30/h5,8,10,18-19,21-22,24H,2-4,6-7,9,11-17,20H2,1H3/t22-,24+/m1/s1. The smallest absolute Gasteiger partial charge is 0.341 e. The normalized spacial score (nSPS) is 25.8. The molecule has 2 aromatic rings. The molecule has 6 nitrogen and oxygen atoms in total. The fourth-order valence-electron chi connectivity index (χ4n) is 7.40. The predicted octanol–water partition coefficient (Wildman–Crippen LogP) is 5.99. The summed E-state index contributed by atoms with van der Waals surface area (Å²) in [4.78, 5) is 28.2. The Morgan fingerprint density at radius 1 is 1.00 bits per heavy atom. The van der Waals surface area contributed by atoms with Crippen LogP contribution in [0.25, 0.3) is 5.69 Å². The highest BCUT2D eigenvalue weighted by atomic mass is 16.5. The van der Waals surface area contributed by atoms with Crippen LogP contribution in [0.2, 0.25) is 0 Å². The summed E-state index contributed by atoms with van der Waals surface area (Å²) in [7, 11) is 1.43. The van der Waals surface area contributed by atoms with E-state index < -0.39 is 0 Å². The van der Waals surface area contributed by atoms with Crippen LogP contribution in [0.5, 0.6) is 0 Å². The lowest BCUT2D eigenvalue weighted by molar-refractivity contribution is -0.140. The molecule has 1 saturated heterocycles. The van der Waals surface area contributed by atoms with Gasteiger partial charge in [-0.25, -0.2) is 9.48 Å². The highest BCUT2D eigenvalue weighted by molar-refractivity contribution is 5.91. The second kappa shape index (κ2) is 9.68. The third-order valence-electron chi connectivity index (χ3n) is 9.42. The van der Waals surface area contributed by atoms with E-state index in [0.29, 0.717) is 28.7 Å². The van der Waals surface area contributed by atoms with Crippen molar-refractivity contribution in [1.29, 1.82) is 0 Å². The van der Waals surface area contributed by atoms with Gasteiger partial charge in [0.25, 0.3) is 0 Å². The van der Waals surface area contributed by atoms with Crippen LogP contribution >= 0.6 is 0 Å². The number of amides is 1. The molecule has 1 spiro atoms. The molecule has 1 aromatic heterocycles. The molecule has 1 aliphatic heterocycles. The summed E-state index contributed by atoms with van der Waals surface area (Å²) in [5.41, 5.74) is 4.25. The van der Waals surface area contributed by atoms with Crippen LogP contribution < -0.4 is 0 Å². The second-order valence-corrected chi connectivity index (χ2v) is 11.8. The second-order valence-electron chi connectivity index (χ2n) is 11.8. The molecule has 3 aliphatic carbocycles. The molecule has 192 valence electrons. The molecule has 2 heterocycles. The Bertz CT molecular complexity index is 1130. The lowest BCUT2D eigenvalue weighted by Gasteiger charge is -2.42. The van der Waals surface area contributed by atoms with E-state index >= 15 is 0 Å². The summed E-state index contributed by atoms with van der Waals surface area (Å²) in [6, 6.07) is 8.60. The van der Waals surface area contributed by atoms with Gasteiger partial charge in [-0.2, -0.15) is 5.10 Å². The molecule has 0 radical (unpaired) electrons. The van der Waals surface area contributed by atoms with Crippen molar-refractivity contribution >= 4 is 11.9 Å². The number of carbonyl (C=O) groups excluding carboxylic acids is 2. The largest absolute Gasteiger partial charge is 0.465 e. The fraction of sp³-hybridized carbons (Fsp3) is 0.633. The zero-order valence-electron chi connectivity index (χ0n) is 21.6. The number of esters is 1. The molecule has 3 saturated carbocycles. The van der Waals surface area contributed by atoms with Crippen LogP contribution in [0.1, 0.15) is 111 Å². The van der Waals surface area contributed by atoms with Crippen molar-refractivity contribution in [2.24, 2.45) is 11.3 Å². The lowest BCUT2D eigenvalue weighted by atomic mass is 9.75. The van der Waals surface area contributed by atoms with Crippen LogP contribution in [0, 0.1) is 11.3 Å². The molecule has 1 amide bonds. The van der Waals surface area contributed by atoms with Crippen molar-refractivity contribution in [1.82, 2.24) is 14.7 Å². The van der Waals surface area contributed by atoms with E-state index in [4.69, 9.17) is 4.74 Å². The van der Waals surface area contributed by atoms with E-state index in [1.54, 1.807) is 6.20 Å². The highest BCUT2D eigenvalue weighted by Crippen LogP contribution is 2.46. The summed E-state index contributed by atoms with van der Waals surface area (Å²) in [6.07, 6.45) is 15.8. The summed E-state index contributed by atoms with van der Waals surface area (Å²) < 4.78 is 6.95. The first-order valence-electron chi connectivity index (χ1n) is 14.1. The fourth-order valence-corrected chi connectivity index (χ4v) is 7.40. The summed E-state index contributed by atoms with van der Waals surface area (Å²) >= 11 is 0. The quantitative estimate of drug-likeness (QED) is 0.484. The van der Waals surface area contributed by atoms with Gasteiger partial charge >= 0.3 is 5.97 Å². The van der Waals surface area contributed by atoms with Crippen molar-refractivity contribution in [2.75, 3.05) is 20.2 Å². The van der Waals surface area contributed by atoms with Gasteiger partial charge in [0.2, 0.25) is 5.91 Å². The van der Waals surface area contributed by atoms with Gasteiger partial charge < -0.3 is 9.64 Å². The van der Waals surface area contributed by atoms with Crippen LogP contribution in [-0.2, 0) is 9.53 Å². The predicted molar refractivity (Wildman–Crippen MR) is 138 cm³/mol. The first-order valence-corrected chi connectivity index (χ1v) is 14.1. The molecule has 0 bridgehead atoms. The lowest BCUT2D eigenvalue weighted by Crippen LogP contribution is -2.47. The Morgan fingerprint density at radius 2 is 1.81 bits per heavy atom. The molecule has 2 atom stereocenters. The topological polar surface area (TPSA) is 64.4 Å². The van der Waals surface area contributed by atoms with Crippen molar-refractivity contribution in [2.45, 2.75) is 88.9 Å². The molecule has 0 N–H and O–H groups in total. The van der Waals surface area contributed by atoms with Gasteiger partial charge in [0.1, 0.15) is 5.56 Å². The zero-order valence-corrected chi connectivity index (χ0v) is 21.6. The van der Waals surface area contributed by atoms with Crippen LogP contribution in [0.3, 0.4) is 0 Å². The number of carbonyl (C=O) groups is 2. The van der Waals surface area contributed by atoms with Crippen molar-refractivity contribution < 1.29 is 14.3 Å². The Labute approximate surface area is 214 Å². The number of likely N-dealkylation sites (tertiary alicyclic amines) is 1. The van der Waals surface area contributed by atoms with Crippen molar-refractivity contribution in [3.63, 3.8) is 0 Å². The molecule has 0 unspecified atom stereocenters.